The molecular formula is C14H5F9O6. The lowest BCUT2D eigenvalue weighted by Gasteiger charge is -2.17. The van der Waals surface area contributed by atoms with Crippen LogP contribution in [0, 0.1) is 0 Å². The van der Waals surface area contributed by atoms with E-state index >= 15 is 0 Å². The number of carbonyl (C=O) groups is 3. The smallest absolute Gasteiger partial charge is 0.420 e. The van der Waals surface area contributed by atoms with Crippen LogP contribution in [0.1, 0.15) is 5.56 Å². The van der Waals surface area contributed by atoms with E-state index in [2.05, 4.69) is 20.8 Å². The topological polar surface area (TPSA) is 78.9 Å². The summed E-state index contributed by atoms with van der Waals surface area (Å²) in [6.45, 7) is 2.75. The van der Waals surface area contributed by atoms with E-state index in [0.717, 1.165) is 0 Å². The van der Waals surface area contributed by atoms with E-state index < -0.39 is 59.3 Å². The molecule has 0 amide bonds. The van der Waals surface area contributed by atoms with Crippen LogP contribution in [0.5, 0.6) is 11.5 Å². The van der Waals surface area contributed by atoms with Crippen LogP contribution in [0.25, 0.3) is 5.76 Å². The Bertz CT molecular complexity index is 789. The molecule has 0 bridgehead atoms. The molecule has 0 aliphatic carbocycles. The molecule has 0 aromatic heterocycles. The van der Waals surface area contributed by atoms with Crippen molar-refractivity contribution in [1.82, 2.24) is 0 Å². The summed E-state index contributed by atoms with van der Waals surface area (Å²) in [4.78, 5) is 32.7. The number of ether oxygens (including phenoxy) is 3. The molecule has 0 N–H and O–H groups in total. The van der Waals surface area contributed by atoms with Crippen LogP contribution < -0.4 is 9.47 Å². The van der Waals surface area contributed by atoms with E-state index in [1.54, 1.807) is 0 Å². The Balaban J connectivity index is 3.44. The van der Waals surface area contributed by atoms with E-state index in [9.17, 15) is 53.9 Å². The van der Waals surface area contributed by atoms with Crippen molar-refractivity contribution in [3.8, 4) is 11.5 Å². The number of alkyl halides is 9. The minimum Gasteiger partial charge on any atom is -0.420 e. The van der Waals surface area contributed by atoms with Gasteiger partial charge in [-0.15, -0.1) is 0 Å². The molecule has 0 heterocycles. The fourth-order valence-electron chi connectivity index (χ4n) is 1.49. The zero-order valence-corrected chi connectivity index (χ0v) is 13.3. The van der Waals surface area contributed by atoms with Gasteiger partial charge in [0.15, 0.2) is 0 Å². The first-order chi connectivity index (χ1) is 12.9. The summed E-state index contributed by atoms with van der Waals surface area (Å²) < 4.78 is 122. The molecule has 0 aliphatic heterocycles. The Hall–Kier alpha value is -3.26. The summed E-state index contributed by atoms with van der Waals surface area (Å²) in [6.07, 6.45) is -16.9. The van der Waals surface area contributed by atoms with Crippen molar-refractivity contribution in [2.75, 3.05) is 0 Å². The van der Waals surface area contributed by atoms with Gasteiger partial charge in [-0.1, -0.05) is 12.6 Å². The van der Waals surface area contributed by atoms with Crippen LogP contribution >= 0.6 is 0 Å². The van der Waals surface area contributed by atoms with E-state index in [4.69, 9.17) is 0 Å². The third-order valence-corrected chi connectivity index (χ3v) is 2.58. The molecule has 0 saturated heterocycles. The number of carbonyl (C=O) groups excluding carboxylic acids is 3. The van der Waals surface area contributed by atoms with Gasteiger partial charge in [-0.25, -0.2) is 14.4 Å². The van der Waals surface area contributed by atoms with E-state index in [-0.39, 0.29) is 0 Å². The van der Waals surface area contributed by atoms with Gasteiger partial charge in [0.1, 0.15) is 22.8 Å². The fourth-order valence-corrected chi connectivity index (χ4v) is 1.49. The highest BCUT2D eigenvalue weighted by atomic mass is 19.4. The Morgan fingerprint density at radius 3 is 1.34 bits per heavy atom. The second kappa shape index (κ2) is 8.00. The van der Waals surface area contributed by atoms with E-state index in [1.165, 1.54) is 0 Å². The normalized spacial score (nSPS) is 12.2. The zero-order chi connectivity index (χ0) is 22.8. The summed E-state index contributed by atoms with van der Waals surface area (Å²) in [5.74, 6) is -13.1. The maximum absolute atomic E-state index is 12.3. The number of hydrogen-bond acceptors (Lipinski definition) is 6. The van der Waals surface area contributed by atoms with Gasteiger partial charge < -0.3 is 14.2 Å². The summed E-state index contributed by atoms with van der Waals surface area (Å²) in [5.41, 5.74) is -1.36. The maximum atomic E-state index is 12.3. The molecule has 1 aromatic rings. The molecule has 1 rings (SSSR count). The molecule has 15 heteroatoms. The monoisotopic (exact) mass is 440 g/mol. The second-order valence-corrected chi connectivity index (χ2v) is 4.71. The van der Waals surface area contributed by atoms with E-state index in [0.29, 0.717) is 18.2 Å². The van der Waals surface area contributed by atoms with Crippen LogP contribution in [-0.2, 0) is 19.1 Å². The molecular weight excluding hydrogens is 435 g/mol. The summed E-state index contributed by atoms with van der Waals surface area (Å²) >= 11 is 0. The van der Waals surface area contributed by atoms with Crippen LogP contribution in [0.15, 0.2) is 24.8 Å². The molecule has 29 heavy (non-hydrogen) atoms. The summed E-state index contributed by atoms with van der Waals surface area (Å²) in [5, 5.41) is 0. The summed E-state index contributed by atoms with van der Waals surface area (Å²) in [6, 6.07) is 1.56. The van der Waals surface area contributed by atoms with Crippen molar-refractivity contribution in [3.05, 3.63) is 30.3 Å². The molecule has 0 unspecified atom stereocenters. The van der Waals surface area contributed by atoms with Crippen LogP contribution in [0.4, 0.5) is 39.5 Å². The van der Waals surface area contributed by atoms with Crippen molar-refractivity contribution in [3.63, 3.8) is 0 Å². The maximum Gasteiger partial charge on any atom is 0.491 e. The molecule has 0 radical (unpaired) electrons. The quantitative estimate of drug-likeness (QED) is 0.308. The largest absolute Gasteiger partial charge is 0.491 e. The molecule has 160 valence electrons. The van der Waals surface area contributed by atoms with Crippen LogP contribution in [-0.4, -0.2) is 36.4 Å². The number of esters is 3. The van der Waals surface area contributed by atoms with Crippen molar-refractivity contribution in [1.29, 1.82) is 0 Å². The van der Waals surface area contributed by atoms with Gasteiger partial charge >= 0.3 is 36.4 Å². The minimum absolute atomic E-state index is 0.469. The van der Waals surface area contributed by atoms with Crippen LogP contribution in [0.2, 0.25) is 0 Å². The highest BCUT2D eigenvalue weighted by Crippen LogP contribution is 2.37. The third-order valence-electron chi connectivity index (χ3n) is 2.58. The first-order valence-electron chi connectivity index (χ1n) is 6.64. The third kappa shape index (κ3) is 6.39. The predicted octanol–water partition coefficient (Wildman–Crippen LogP) is 3.70. The Morgan fingerprint density at radius 1 is 0.690 bits per heavy atom. The SMILES string of the molecule is C=C(OC(=O)C(F)(F)F)c1c(OC(=O)C(F)(F)F)cccc1OC(=O)C(F)(F)F. The molecule has 0 spiro atoms. The minimum atomic E-state index is -5.64. The number of benzene rings is 1. The van der Waals surface area contributed by atoms with Gasteiger partial charge in [-0.2, -0.15) is 39.5 Å². The van der Waals surface area contributed by atoms with Gasteiger partial charge in [-0.05, 0) is 12.1 Å². The van der Waals surface area contributed by atoms with Crippen molar-refractivity contribution >= 4 is 23.7 Å². The Kier molecular flexibility index (Phi) is 6.56. The number of halogens is 9. The van der Waals surface area contributed by atoms with Crippen molar-refractivity contribution in [2.24, 2.45) is 0 Å². The van der Waals surface area contributed by atoms with Crippen LogP contribution in [0.3, 0.4) is 0 Å². The molecule has 6 nitrogen and oxygen atoms in total. The Labute approximate surface area is 153 Å². The van der Waals surface area contributed by atoms with Crippen molar-refractivity contribution < 1.29 is 68.1 Å². The molecule has 0 aliphatic rings. The van der Waals surface area contributed by atoms with Gasteiger partial charge in [-0.3, -0.25) is 0 Å². The zero-order valence-electron chi connectivity index (χ0n) is 13.3. The van der Waals surface area contributed by atoms with Crippen molar-refractivity contribution in [2.45, 2.75) is 18.5 Å². The van der Waals surface area contributed by atoms with Gasteiger partial charge in [0.05, 0.1) is 0 Å². The highest BCUT2D eigenvalue weighted by Gasteiger charge is 2.45. The molecule has 0 fully saturated rings. The highest BCUT2D eigenvalue weighted by molar-refractivity contribution is 5.87. The van der Waals surface area contributed by atoms with Gasteiger partial charge in [0, 0.05) is 0 Å². The standard InChI is InChI=1S/C14H5F9O6/c1-5(27-9(24)12(15,16)17)8-6(28-10(25)13(18,19)20)3-2-4-7(8)29-11(26)14(21,22)23/h2-4H,1H2. The molecule has 1 aromatic carbocycles. The lowest BCUT2D eigenvalue weighted by atomic mass is 10.1. The predicted molar refractivity (Wildman–Crippen MR) is 71.0 cm³/mol. The first-order valence-corrected chi connectivity index (χ1v) is 6.64. The molecule has 0 saturated carbocycles. The first kappa shape index (κ1) is 23.8. The van der Waals surface area contributed by atoms with Gasteiger partial charge in [0.25, 0.3) is 0 Å². The lowest BCUT2D eigenvalue weighted by Crippen LogP contribution is -2.30. The Morgan fingerprint density at radius 2 is 1.03 bits per heavy atom. The second-order valence-electron chi connectivity index (χ2n) is 4.71. The average molecular weight is 440 g/mol. The summed E-state index contributed by atoms with van der Waals surface area (Å²) in [7, 11) is 0. The fraction of sp³-hybridized carbons (Fsp3) is 0.214. The molecule has 0 atom stereocenters. The lowest BCUT2D eigenvalue weighted by molar-refractivity contribution is -0.192. The van der Waals surface area contributed by atoms with E-state index in [1.807, 2.05) is 0 Å². The number of hydrogen-bond donors (Lipinski definition) is 0. The van der Waals surface area contributed by atoms with Gasteiger partial charge in [0.2, 0.25) is 0 Å². The average Bonchev–Trinajstić information content (AvgIpc) is 2.52. The number of rotatable bonds is 4.